The summed E-state index contributed by atoms with van der Waals surface area (Å²) in [7, 11) is 0. The summed E-state index contributed by atoms with van der Waals surface area (Å²) in [5, 5.41) is 4.82. The second-order valence-electron chi connectivity index (χ2n) is 3.79. The standard InChI is InChI=1S/C12H11F2N3OS/c13-7-1-2-10(9(14)3-7)17-11(18)4-8-6-19-12(5-15)16-8/h1-3,6H,4-5,15H2,(H,17,18). The predicted octanol–water partition coefficient (Wildman–Crippen LogP) is 2.06. The maximum atomic E-state index is 13.3. The summed E-state index contributed by atoms with van der Waals surface area (Å²) in [5.41, 5.74) is 5.93. The zero-order valence-electron chi connectivity index (χ0n) is 9.82. The van der Waals surface area contributed by atoms with E-state index >= 15 is 0 Å². The van der Waals surface area contributed by atoms with Gasteiger partial charge in [-0.15, -0.1) is 11.3 Å². The molecule has 1 heterocycles. The molecule has 1 amide bonds. The maximum Gasteiger partial charge on any atom is 0.230 e. The molecule has 0 bridgehead atoms. The Hall–Kier alpha value is -1.86. The molecular formula is C12H11F2N3OS. The van der Waals surface area contributed by atoms with Crippen LogP contribution >= 0.6 is 11.3 Å². The first-order valence-corrected chi connectivity index (χ1v) is 6.34. The van der Waals surface area contributed by atoms with E-state index in [1.165, 1.54) is 17.4 Å². The highest BCUT2D eigenvalue weighted by Crippen LogP contribution is 2.16. The van der Waals surface area contributed by atoms with Gasteiger partial charge in [-0.3, -0.25) is 4.79 Å². The molecule has 0 saturated heterocycles. The van der Waals surface area contributed by atoms with Crippen LogP contribution in [0, 0.1) is 11.6 Å². The van der Waals surface area contributed by atoms with Gasteiger partial charge >= 0.3 is 0 Å². The maximum absolute atomic E-state index is 13.3. The van der Waals surface area contributed by atoms with Crippen molar-refractivity contribution in [3.63, 3.8) is 0 Å². The number of nitrogens with one attached hydrogen (secondary N) is 1. The van der Waals surface area contributed by atoms with Gasteiger partial charge in [-0.25, -0.2) is 13.8 Å². The van der Waals surface area contributed by atoms with Crippen molar-refractivity contribution in [1.82, 2.24) is 4.98 Å². The minimum absolute atomic E-state index is 0.0211. The minimum atomic E-state index is -0.811. The van der Waals surface area contributed by atoms with E-state index in [-0.39, 0.29) is 12.1 Å². The molecule has 0 aliphatic heterocycles. The predicted molar refractivity (Wildman–Crippen MR) is 68.7 cm³/mol. The zero-order chi connectivity index (χ0) is 13.8. The number of carbonyl (C=O) groups excluding carboxylic acids is 1. The molecule has 100 valence electrons. The van der Waals surface area contributed by atoms with Gasteiger partial charge in [0.1, 0.15) is 16.6 Å². The first-order valence-electron chi connectivity index (χ1n) is 5.46. The molecule has 0 aliphatic rings. The third kappa shape index (κ3) is 3.55. The summed E-state index contributed by atoms with van der Waals surface area (Å²) in [4.78, 5) is 15.8. The number of amides is 1. The van der Waals surface area contributed by atoms with Gasteiger partial charge in [0.25, 0.3) is 0 Å². The second-order valence-corrected chi connectivity index (χ2v) is 4.73. The normalized spacial score (nSPS) is 10.5. The Morgan fingerprint density at radius 3 is 2.84 bits per heavy atom. The number of hydrogen-bond acceptors (Lipinski definition) is 4. The van der Waals surface area contributed by atoms with E-state index in [1.807, 2.05) is 0 Å². The van der Waals surface area contributed by atoms with Gasteiger partial charge in [0.05, 0.1) is 17.8 Å². The summed E-state index contributed by atoms with van der Waals surface area (Å²) >= 11 is 1.36. The fourth-order valence-corrected chi connectivity index (χ4v) is 2.15. The van der Waals surface area contributed by atoms with Gasteiger partial charge in [-0.05, 0) is 12.1 Å². The average Bonchev–Trinajstić information content (AvgIpc) is 2.80. The minimum Gasteiger partial charge on any atom is -0.325 e. The molecular weight excluding hydrogens is 272 g/mol. The lowest BCUT2D eigenvalue weighted by molar-refractivity contribution is -0.115. The average molecular weight is 283 g/mol. The topological polar surface area (TPSA) is 68.0 Å². The van der Waals surface area contributed by atoms with Crippen LogP contribution < -0.4 is 11.1 Å². The Balaban J connectivity index is 2.01. The van der Waals surface area contributed by atoms with Crippen LogP contribution in [0.2, 0.25) is 0 Å². The number of rotatable bonds is 4. The number of nitrogens with two attached hydrogens (primary N) is 1. The van der Waals surface area contributed by atoms with Crippen LogP contribution in [0.5, 0.6) is 0 Å². The first-order chi connectivity index (χ1) is 9.08. The zero-order valence-corrected chi connectivity index (χ0v) is 10.6. The summed E-state index contributed by atoms with van der Waals surface area (Å²) < 4.78 is 26.0. The third-order valence-electron chi connectivity index (χ3n) is 2.32. The highest BCUT2D eigenvalue weighted by Gasteiger charge is 2.10. The molecule has 4 nitrogen and oxygen atoms in total. The van der Waals surface area contributed by atoms with Crippen molar-refractivity contribution < 1.29 is 13.6 Å². The Bertz CT molecular complexity index is 600. The van der Waals surface area contributed by atoms with Crippen LogP contribution in [0.4, 0.5) is 14.5 Å². The number of benzene rings is 1. The van der Waals surface area contributed by atoms with Gasteiger partial charge in [0, 0.05) is 18.0 Å². The SMILES string of the molecule is NCc1nc(CC(=O)Nc2ccc(F)cc2F)cs1. The van der Waals surface area contributed by atoms with Crippen molar-refractivity contribution >= 4 is 22.9 Å². The first kappa shape index (κ1) is 13.6. The monoisotopic (exact) mass is 283 g/mol. The molecule has 0 spiro atoms. The van der Waals surface area contributed by atoms with Crippen LogP contribution in [0.3, 0.4) is 0 Å². The smallest absolute Gasteiger partial charge is 0.230 e. The molecule has 2 rings (SSSR count). The third-order valence-corrected chi connectivity index (χ3v) is 3.24. The number of hydrogen-bond donors (Lipinski definition) is 2. The van der Waals surface area contributed by atoms with Crippen molar-refractivity contribution in [3.05, 3.63) is 45.9 Å². The van der Waals surface area contributed by atoms with Crippen molar-refractivity contribution in [2.75, 3.05) is 5.32 Å². The Morgan fingerprint density at radius 1 is 1.42 bits per heavy atom. The summed E-state index contributed by atoms with van der Waals surface area (Å²) in [5.74, 6) is -1.92. The number of anilines is 1. The van der Waals surface area contributed by atoms with E-state index in [2.05, 4.69) is 10.3 Å². The number of halogens is 2. The number of carbonyl (C=O) groups is 1. The van der Waals surface area contributed by atoms with Crippen molar-refractivity contribution in [1.29, 1.82) is 0 Å². The lowest BCUT2D eigenvalue weighted by atomic mass is 10.2. The van der Waals surface area contributed by atoms with E-state index in [1.54, 1.807) is 5.38 Å². The molecule has 0 unspecified atom stereocenters. The van der Waals surface area contributed by atoms with Crippen LogP contribution in [-0.2, 0) is 17.8 Å². The molecule has 0 radical (unpaired) electrons. The Kier molecular flexibility index (Phi) is 4.18. The lowest BCUT2D eigenvalue weighted by Crippen LogP contribution is -2.15. The van der Waals surface area contributed by atoms with E-state index in [0.717, 1.165) is 11.1 Å². The second kappa shape index (κ2) is 5.85. The molecule has 1 aromatic heterocycles. The van der Waals surface area contributed by atoms with Gasteiger partial charge in [-0.1, -0.05) is 0 Å². The van der Waals surface area contributed by atoms with Crippen LogP contribution in [-0.4, -0.2) is 10.9 Å². The highest BCUT2D eigenvalue weighted by molar-refractivity contribution is 7.09. The fourth-order valence-electron chi connectivity index (χ4n) is 1.47. The van der Waals surface area contributed by atoms with E-state index in [9.17, 15) is 13.6 Å². The van der Waals surface area contributed by atoms with Crippen LogP contribution in [0.1, 0.15) is 10.7 Å². The van der Waals surface area contributed by atoms with Crippen molar-refractivity contribution in [2.24, 2.45) is 5.73 Å². The number of thiazole rings is 1. The summed E-state index contributed by atoms with van der Waals surface area (Å²) in [6.07, 6.45) is 0.0211. The summed E-state index contributed by atoms with van der Waals surface area (Å²) in [6.45, 7) is 0.318. The van der Waals surface area contributed by atoms with Gasteiger partial charge in [0.15, 0.2) is 0 Å². The number of nitrogens with zero attached hydrogens (tertiary/aromatic N) is 1. The molecule has 0 saturated carbocycles. The van der Waals surface area contributed by atoms with E-state index in [0.29, 0.717) is 18.3 Å². The Morgan fingerprint density at radius 2 is 2.21 bits per heavy atom. The molecule has 2 aromatic rings. The molecule has 0 aliphatic carbocycles. The van der Waals surface area contributed by atoms with Gasteiger partial charge in [-0.2, -0.15) is 0 Å². The molecule has 1 aromatic carbocycles. The molecule has 19 heavy (non-hydrogen) atoms. The molecule has 0 fully saturated rings. The number of aromatic nitrogens is 1. The fraction of sp³-hybridized carbons (Fsp3) is 0.167. The van der Waals surface area contributed by atoms with Crippen LogP contribution in [0.25, 0.3) is 0 Å². The van der Waals surface area contributed by atoms with Crippen molar-refractivity contribution in [3.8, 4) is 0 Å². The van der Waals surface area contributed by atoms with Gasteiger partial charge < -0.3 is 11.1 Å². The van der Waals surface area contributed by atoms with Gasteiger partial charge in [0.2, 0.25) is 5.91 Å². The van der Waals surface area contributed by atoms with E-state index in [4.69, 9.17) is 5.73 Å². The lowest BCUT2D eigenvalue weighted by Gasteiger charge is -2.05. The van der Waals surface area contributed by atoms with E-state index < -0.39 is 17.5 Å². The van der Waals surface area contributed by atoms with Crippen LogP contribution in [0.15, 0.2) is 23.6 Å². The molecule has 7 heteroatoms. The summed E-state index contributed by atoms with van der Waals surface area (Å²) in [6, 6.07) is 2.97. The van der Waals surface area contributed by atoms with Crippen molar-refractivity contribution in [2.45, 2.75) is 13.0 Å². The quantitative estimate of drug-likeness (QED) is 0.902. The highest BCUT2D eigenvalue weighted by atomic mass is 32.1. The molecule has 0 atom stereocenters. The molecule has 3 N–H and O–H groups in total. The largest absolute Gasteiger partial charge is 0.325 e. The Labute approximate surface area is 112 Å².